The van der Waals surface area contributed by atoms with Gasteiger partial charge in [0, 0.05) is 44.8 Å². The Morgan fingerprint density at radius 2 is 1.96 bits per heavy atom. The Morgan fingerprint density at radius 3 is 2.64 bits per heavy atom. The summed E-state index contributed by atoms with van der Waals surface area (Å²) in [6.07, 6.45) is 3.09. The number of urea groups is 1. The van der Waals surface area contributed by atoms with Crippen LogP contribution < -0.4 is 16.0 Å². The normalized spacial score (nSPS) is 18.9. The van der Waals surface area contributed by atoms with Gasteiger partial charge in [0.25, 0.3) is 0 Å². The molecule has 8 heteroatoms. The monoisotopic (exact) mass is 347 g/mol. The Labute approximate surface area is 147 Å². The van der Waals surface area contributed by atoms with Crippen molar-refractivity contribution in [2.24, 2.45) is 11.7 Å². The molecule has 0 unspecified atom stereocenters. The summed E-state index contributed by atoms with van der Waals surface area (Å²) in [5.74, 6) is 0.898. The molecule has 1 aromatic rings. The molecule has 136 valence electrons. The summed E-state index contributed by atoms with van der Waals surface area (Å²) < 4.78 is 5.36. The molecule has 3 amide bonds. The Bertz CT molecular complexity index is 610. The molecular formula is C17H25N5O3. The van der Waals surface area contributed by atoms with E-state index >= 15 is 0 Å². The van der Waals surface area contributed by atoms with Crippen LogP contribution >= 0.6 is 0 Å². The second kappa shape index (κ2) is 8.15. The number of rotatable bonds is 4. The van der Waals surface area contributed by atoms with Gasteiger partial charge in [-0.1, -0.05) is 0 Å². The number of hydrogen-bond acceptors (Lipinski definition) is 5. The standard InChI is InChI=1S/C17H25N5O3/c18-17(24)22-5-2-14(3-6-22)16(23)20-12-13-1-4-19-15(11-13)21-7-9-25-10-8-21/h1,4,11,14H,2-3,5-10,12H2,(H2,18,24)(H,20,23). The molecule has 0 radical (unpaired) electrons. The molecule has 0 aromatic carbocycles. The number of carbonyl (C=O) groups excluding carboxylic acids is 2. The smallest absolute Gasteiger partial charge is 0.314 e. The van der Waals surface area contributed by atoms with Crippen molar-refractivity contribution in [2.75, 3.05) is 44.3 Å². The molecule has 2 aliphatic rings. The number of piperidine rings is 1. The van der Waals surface area contributed by atoms with Gasteiger partial charge in [-0.25, -0.2) is 9.78 Å². The number of nitrogens with zero attached hydrogens (tertiary/aromatic N) is 3. The first kappa shape index (κ1) is 17.5. The Kier molecular flexibility index (Phi) is 5.70. The molecule has 0 bridgehead atoms. The van der Waals surface area contributed by atoms with E-state index in [2.05, 4.69) is 15.2 Å². The van der Waals surface area contributed by atoms with Gasteiger partial charge in [-0.2, -0.15) is 0 Å². The minimum Gasteiger partial charge on any atom is -0.378 e. The van der Waals surface area contributed by atoms with Crippen molar-refractivity contribution in [3.8, 4) is 0 Å². The van der Waals surface area contributed by atoms with Gasteiger partial charge in [0.2, 0.25) is 5.91 Å². The van der Waals surface area contributed by atoms with Crippen molar-refractivity contribution in [3.63, 3.8) is 0 Å². The van der Waals surface area contributed by atoms with Crippen molar-refractivity contribution in [1.82, 2.24) is 15.2 Å². The highest BCUT2D eigenvalue weighted by molar-refractivity contribution is 5.79. The third kappa shape index (κ3) is 4.60. The van der Waals surface area contributed by atoms with E-state index in [4.69, 9.17) is 10.5 Å². The molecule has 2 fully saturated rings. The fourth-order valence-electron chi connectivity index (χ4n) is 3.23. The van der Waals surface area contributed by atoms with Gasteiger partial charge >= 0.3 is 6.03 Å². The maximum Gasteiger partial charge on any atom is 0.314 e. The number of nitrogens with one attached hydrogen (secondary N) is 1. The third-order valence-corrected chi connectivity index (χ3v) is 4.79. The van der Waals surface area contributed by atoms with Gasteiger partial charge in [-0.3, -0.25) is 4.79 Å². The van der Waals surface area contributed by atoms with Gasteiger partial charge < -0.3 is 25.6 Å². The lowest BCUT2D eigenvalue weighted by molar-refractivity contribution is -0.126. The van der Waals surface area contributed by atoms with E-state index in [0.29, 0.717) is 45.7 Å². The number of carbonyl (C=O) groups is 2. The van der Waals surface area contributed by atoms with E-state index in [0.717, 1.165) is 24.5 Å². The van der Waals surface area contributed by atoms with Crippen LogP contribution in [0.25, 0.3) is 0 Å². The largest absolute Gasteiger partial charge is 0.378 e. The van der Waals surface area contributed by atoms with E-state index in [1.807, 2.05) is 12.1 Å². The maximum absolute atomic E-state index is 12.3. The molecule has 2 aliphatic heterocycles. The van der Waals surface area contributed by atoms with Crippen molar-refractivity contribution in [2.45, 2.75) is 19.4 Å². The molecule has 0 saturated carbocycles. The number of amides is 3. The molecular weight excluding hydrogens is 322 g/mol. The zero-order chi connectivity index (χ0) is 17.6. The SMILES string of the molecule is NC(=O)N1CCC(C(=O)NCc2ccnc(N3CCOCC3)c2)CC1. The van der Waals surface area contributed by atoms with Gasteiger partial charge in [-0.15, -0.1) is 0 Å². The lowest BCUT2D eigenvalue weighted by Crippen LogP contribution is -2.44. The molecule has 0 aliphatic carbocycles. The Morgan fingerprint density at radius 1 is 1.24 bits per heavy atom. The highest BCUT2D eigenvalue weighted by atomic mass is 16.5. The number of morpholine rings is 1. The minimum atomic E-state index is -0.411. The summed E-state index contributed by atoms with van der Waals surface area (Å²) >= 11 is 0. The van der Waals surface area contributed by atoms with Gasteiger partial charge in [0.15, 0.2) is 0 Å². The average Bonchev–Trinajstić information content (AvgIpc) is 2.67. The number of anilines is 1. The first-order valence-electron chi connectivity index (χ1n) is 8.73. The van der Waals surface area contributed by atoms with E-state index in [1.54, 1.807) is 11.1 Å². The first-order chi connectivity index (χ1) is 12.1. The van der Waals surface area contributed by atoms with Crippen molar-refractivity contribution in [1.29, 1.82) is 0 Å². The van der Waals surface area contributed by atoms with Crippen LogP contribution in [-0.4, -0.2) is 61.2 Å². The summed E-state index contributed by atoms with van der Waals surface area (Å²) in [5, 5.41) is 3.00. The fourth-order valence-corrected chi connectivity index (χ4v) is 3.23. The molecule has 1 aromatic heterocycles. The molecule has 0 atom stereocenters. The van der Waals surface area contributed by atoms with Crippen LogP contribution in [0.15, 0.2) is 18.3 Å². The number of likely N-dealkylation sites (tertiary alicyclic amines) is 1. The predicted molar refractivity (Wildman–Crippen MR) is 93.0 cm³/mol. The molecule has 0 spiro atoms. The fraction of sp³-hybridized carbons (Fsp3) is 0.588. The number of ether oxygens (including phenoxy) is 1. The Hall–Kier alpha value is -2.35. The third-order valence-electron chi connectivity index (χ3n) is 4.79. The number of nitrogens with two attached hydrogens (primary N) is 1. The van der Waals surface area contributed by atoms with Crippen molar-refractivity contribution < 1.29 is 14.3 Å². The highest BCUT2D eigenvalue weighted by Crippen LogP contribution is 2.18. The van der Waals surface area contributed by atoms with Crippen LogP contribution in [0.1, 0.15) is 18.4 Å². The summed E-state index contributed by atoms with van der Waals surface area (Å²) in [5.41, 5.74) is 6.29. The number of pyridine rings is 1. The van der Waals surface area contributed by atoms with Crippen molar-refractivity contribution >= 4 is 17.8 Å². The van der Waals surface area contributed by atoms with Gasteiger partial charge in [0.1, 0.15) is 5.82 Å². The lowest BCUT2D eigenvalue weighted by atomic mass is 9.96. The average molecular weight is 347 g/mol. The minimum absolute atomic E-state index is 0.0360. The molecule has 25 heavy (non-hydrogen) atoms. The maximum atomic E-state index is 12.3. The quantitative estimate of drug-likeness (QED) is 0.817. The van der Waals surface area contributed by atoms with Crippen LogP contribution in [0, 0.1) is 5.92 Å². The Balaban J connectivity index is 1.50. The summed E-state index contributed by atoms with van der Waals surface area (Å²) in [6.45, 7) is 4.67. The topological polar surface area (TPSA) is 101 Å². The van der Waals surface area contributed by atoms with Crippen molar-refractivity contribution in [3.05, 3.63) is 23.9 Å². The van der Waals surface area contributed by atoms with Gasteiger partial charge in [-0.05, 0) is 30.5 Å². The van der Waals surface area contributed by atoms with E-state index in [1.165, 1.54) is 0 Å². The number of aromatic nitrogens is 1. The summed E-state index contributed by atoms with van der Waals surface area (Å²) in [6, 6.07) is 3.52. The second-order valence-corrected chi connectivity index (χ2v) is 6.44. The van der Waals surface area contributed by atoms with Crippen LogP contribution in [0.5, 0.6) is 0 Å². The highest BCUT2D eigenvalue weighted by Gasteiger charge is 2.26. The zero-order valence-electron chi connectivity index (χ0n) is 14.3. The van der Waals surface area contributed by atoms with Crippen LogP contribution in [0.3, 0.4) is 0 Å². The molecule has 3 rings (SSSR count). The summed E-state index contributed by atoms with van der Waals surface area (Å²) in [4.78, 5) is 31.7. The lowest BCUT2D eigenvalue weighted by Gasteiger charge is -2.30. The first-order valence-corrected chi connectivity index (χ1v) is 8.73. The second-order valence-electron chi connectivity index (χ2n) is 6.44. The van der Waals surface area contributed by atoms with E-state index in [-0.39, 0.29) is 11.8 Å². The summed E-state index contributed by atoms with van der Waals surface area (Å²) in [7, 11) is 0. The van der Waals surface area contributed by atoms with Crippen LogP contribution in [0.2, 0.25) is 0 Å². The van der Waals surface area contributed by atoms with Crippen LogP contribution in [-0.2, 0) is 16.1 Å². The zero-order valence-corrected chi connectivity index (χ0v) is 14.3. The van der Waals surface area contributed by atoms with E-state index in [9.17, 15) is 9.59 Å². The molecule has 3 N–H and O–H groups in total. The van der Waals surface area contributed by atoms with Crippen LogP contribution in [0.4, 0.5) is 10.6 Å². The van der Waals surface area contributed by atoms with Gasteiger partial charge in [0.05, 0.1) is 13.2 Å². The molecule has 2 saturated heterocycles. The van der Waals surface area contributed by atoms with E-state index < -0.39 is 6.03 Å². The number of primary amides is 1. The molecule has 8 nitrogen and oxygen atoms in total. The predicted octanol–water partition coefficient (Wildman–Crippen LogP) is 0.325. The number of hydrogen-bond donors (Lipinski definition) is 2. The molecule has 3 heterocycles.